The second kappa shape index (κ2) is 7.98. The molecule has 6 heteroatoms. The maximum Gasteiger partial charge on any atom is 0.256 e. The van der Waals surface area contributed by atoms with Gasteiger partial charge in [-0.2, -0.15) is 5.10 Å². The van der Waals surface area contributed by atoms with E-state index in [1.54, 1.807) is 22.9 Å². The zero-order chi connectivity index (χ0) is 20.5. The van der Waals surface area contributed by atoms with Crippen molar-refractivity contribution in [3.63, 3.8) is 0 Å². The van der Waals surface area contributed by atoms with Gasteiger partial charge in [-0.3, -0.25) is 4.79 Å². The lowest BCUT2D eigenvalue weighted by Crippen LogP contribution is -2.15. The third-order valence-electron chi connectivity index (χ3n) is 4.48. The molecular weight excluding hydrogens is 393 g/mol. The quantitative estimate of drug-likeness (QED) is 0.543. The number of hydrogen-bond donors (Lipinski definition) is 1. The number of carbonyl (C=O) groups excluding carboxylic acids is 1. The van der Waals surface area contributed by atoms with Crippen LogP contribution in [0.1, 0.15) is 49.3 Å². The molecule has 0 aliphatic carbocycles. The lowest BCUT2D eigenvalue weighted by molar-refractivity contribution is 0.102. The molecule has 1 aromatic heterocycles. The van der Waals surface area contributed by atoms with Gasteiger partial charge in [0.25, 0.3) is 5.91 Å². The molecule has 3 aromatic rings. The van der Waals surface area contributed by atoms with Gasteiger partial charge in [0.1, 0.15) is 5.82 Å². The maximum absolute atomic E-state index is 12.8. The SMILES string of the molecule is CCc1ccc(C(=O)Nc2cc(C(C)(C)C)nn2-c2cc(Cl)ccc2Cl)cc1. The van der Waals surface area contributed by atoms with E-state index in [0.717, 1.165) is 12.1 Å². The first kappa shape index (κ1) is 20.4. The van der Waals surface area contributed by atoms with Gasteiger partial charge in [0.2, 0.25) is 0 Å². The largest absolute Gasteiger partial charge is 0.306 e. The van der Waals surface area contributed by atoms with E-state index in [-0.39, 0.29) is 11.3 Å². The first-order chi connectivity index (χ1) is 13.2. The van der Waals surface area contributed by atoms with Crippen molar-refractivity contribution < 1.29 is 4.79 Å². The maximum atomic E-state index is 12.8. The van der Waals surface area contributed by atoms with E-state index in [4.69, 9.17) is 23.2 Å². The van der Waals surface area contributed by atoms with Gasteiger partial charge in [-0.25, -0.2) is 4.68 Å². The summed E-state index contributed by atoms with van der Waals surface area (Å²) < 4.78 is 1.63. The van der Waals surface area contributed by atoms with E-state index >= 15 is 0 Å². The second-order valence-electron chi connectivity index (χ2n) is 7.68. The molecule has 0 saturated carbocycles. The number of halogens is 2. The Kier molecular flexibility index (Phi) is 5.82. The number of carbonyl (C=O) groups is 1. The minimum atomic E-state index is -0.206. The van der Waals surface area contributed by atoms with Gasteiger partial charge in [-0.1, -0.05) is 63.0 Å². The van der Waals surface area contributed by atoms with Crippen molar-refractivity contribution in [2.24, 2.45) is 0 Å². The number of aromatic nitrogens is 2. The molecule has 1 N–H and O–H groups in total. The third kappa shape index (κ3) is 4.40. The van der Waals surface area contributed by atoms with E-state index in [9.17, 15) is 4.79 Å². The molecular formula is C22H23Cl2N3O. The fourth-order valence-electron chi connectivity index (χ4n) is 2.75. The molecule has 0 atom stereocenters. The molecule has 0 bridgehead atoms. The summed E-state index contributed by atoms with van der Waals surface area (Å²) in [5, 5.41) is 8.69. The van der Waals surface area contributed by atoms with Gasteiger partial charge in [0, 0.05) is 22.1 Å². The number of amides is 1. The number of hydrogen-bond acceptors (Lipinski definition) is 2. The fourth-order valence-corrected chi connectivity index (χ4v) is 3.11. The predicted octanol–water partition coefficient (Wildman–Crippen LogP) is 6.29. The van der Waals surface area contributed by atoms with Crippen molar-refractivity contribution in [2.45, 2.75) is 39.5 Å². The van der Waals surface area contributed by atoms with Crippen LogP contribution < -0.4 is 5.32 Å². The Labute approximate surface area is 175 Å². The van der Waals surface area contributed by atoms with E-state index in [0.29, 0.717) is 27.1 Å². The number of rotatable bonds is 4. The van der Waals surface area contributed by atoms with Crippen LogP contribution in [0.3, 0.4) is 0 Å². The molecule has 0 spiro atoms. The Balaban J connectivity index is 2.02. The molecule has 146 valence electrons. The molecule has 3 rings (SSSR count). The molecule has 0 saturated heterocycles. The van der Waals surface area contributed by atoms with Crippen molar-refractivity contribution in [3.05, 3.63) is 75.4 Å². The Morgan fingerprint density at radius 1 is 1.07 bits per heavy atom. The predicted molar refractivity (Wildman–Crippen MR) is 116 cm³/mol. The van der Waals surface area contributed by atoms with Crippen LogP contribution in [0.5, 0.6) is 0 Å². The van der Waals surface area contributed by atoms with Crippen LogP contribution in [0, 0.1) is 0 Å². The fraction of sp³-hybridized carbons (Fsp3) is 0.273. The highest BCUT2D eigenvalue weighted by molar-refractivity contribution is 6.34. The average Bonchev–Trinajstić information content (AvgIpc) is 3.07. The van der Waals surface area contributed by atoms with Crippen LogP contribution in [-0.2, 0) is 11.8 Å². The summed E-state index contributed by atoms with van der Waals surface area (Å²) in [5.41, 5.74) is 3.02. The molecule has 0 aliphatic heterocycles. The Bertz CT molecular complexity index is 1000. The van der Waals surface area contributed by atoms with Gasteiger partial charge in [-0.05, 0) is 42.3 Å². The summed E-state index contributed by atoms with van der Waals surface area (Å²) >= 11 is 12.5. The molecule has 0 fully saturated rings. The summed E-state index contributed by atoms with van der Waals surface area (Å²) in [7, 11) is 0. The van der Waals surface area contributed by atoms with Crippen LogP contribution in [0.25, 0.3) is 5.69 Å². The molecule has 2 aromatic carbocycles. The van der Waals surface area contributed by atoms with Crippen LogP contribution in [0.4, 0.5) is 5.82 Å². The number of nitrogens with zero attached hydrogens (tertiary/aromatic N) is 2. The van der Waals surface area contributed by atoms with Crippen molar-refractivity contribution >= 4 is 34.9 Å². The van der Waals surface area contributed by atoms with Gasteiger partial charge in [-0.15, -0.1) is 0 Å². The summed E-state index contributed by atoms with van der Waals surface area (Å²) in [4.78, 5) is 12.8. The second-order valence-corrected chi connectivity index (χ2v) is 8.52. The van der Waals surface area contributed by atoms with Gasteiger partial charge in [0.05, 0.1) is 16.4 Å². The minimum absolute atomic E-state index is 0.196. The van der Waals surface area contributed by atoms with Crippen LogP contribution in [-0.4, -0.2) is 15.7 Å². The smallest absolute Gasteiger partial charge is 0.256 e. The van der Waals surface area contributed by atoms with Crippen LogP contribution in [0.15, 0.2) is 48.5 Å². The zero-order valence-electron chi connectivity index (χ0n) is 16.4. The van der Waals surface area contributed by atoms with Crippen molar-refractivity contribution in [2.75, 3.05) is 5.32 Å². The highest BCUT2D eigenvalue weighted by Crippen LogP contribution is 2.31. The van der Waals surface area contributed by atoms with Crippen molar-refractivity contribution in [1.82, 2.24) is 9.78 Å². The normalized spacial score (nSPS) is 11.5. The van der Waals surface area contributed by atoms with Crippen LogP contribution in [0.2, 0.25) is 10.0 Å². The molecule has 0 aliphatic rings. The molecule has 1 heterocycles. The monoisotopic (exact) mass is 415 g/mol. The topological polar surface area (TPSA) is 46.9 Å². The van der Waals surface area contributed by atoms with Gasteiger partial charge in [0.15, 0.2) is 0 Å². The van der Waals surface area contributed by atoms with Crippen LogP contribution >= 0.6 is 23.2 Å². The van der Waals surface area contributed by atoms with E-state index in [2.05, 4.69) is 38.1 Å². The van der Waals surface area contributed by atoms with Gasteiger partial charge >= 0.3 is 0 Å². The first-order valence-electron chi connectivity index (χ1n) is 9.15. The zero-order valence-corrected chi connectivity index (χ0v) is 17.9. The number of benzene rings is 2. The molecule has 4 nitrogen and oxygen atoms in total. The standard InChI is InChI=1S/C22H23Cl2N3O/c1-5-14-6-8-15(9-7-14)21(28)25-20-13-19(22(2,3)4)26-27(20)18-12-16(23)10-11-17(18)24/h6-13H,5H2,1-4H3,(H,25,28). The van der Waals surface area contributed by atoms with Crippen molar-refractivity contribution in [3.8, 4) is 5.69 Å². The third-order valence-corrected chi connectivity index (χ3v) is 5.03. The highest BCUT2D eigenvalue weighted by Gasteiger charge is 2.22. The van der Waals surface area contributed by atoms with E-state index in [1.807, 2.05) is 30.3 Å². The summed E-state index contributed by atoms with van der Waals surface area (Å²) in [6.45, 7) is 8.27. The number of anilines is 1. The summed E-state index contributed by atoms with van der Waals surface area (Å²) in [6, 6.07) is 14.6. The molecule has 0 radical (unpaired) electrons. The molecule has 28 heavy (non-hydrogen) atoms. The van der Waals surface area contributed by atoms with Crippen molar-refractivity contribution in [1.29, 1.82) is 0 Å². The Morgan fingerprint density at radius 2 is 1.75 bits per heavy atom. The number of aryl methyl sites for hydroxylation is 1. The Morgan fingerprint density at radius 3 is 2.36 bits per heavy atom. The average molecular weight is 416 g/mol. The minimum Gasteiger partial charge on any atom is -0.306 e. The Hall–Kier alpha value is -2.30. The highest BCUT2D eigenvalue weighted by atomic mass is 35.5. The summed E-state index contributed by atoms with van der Waals surface area (Å²) in [5.74, 6) is 0.334. The van der Waals surface area contributed by atoms with E-state index in [1.165, 1.54) is 5.56 Å². The van der Waals surface area contributed by atoms with Gasteiger partial charge < -0.3 is 5.32 Å². The lowest BCUT2D eigenvalue weighted by Gasteiger charge is -2.14. The molecule has 0 unspecified atom stereocenters. The summed E-state index contributed by atoms with van der Waals surface area (Å²) in [6.07, 6.45) is 0.927. The molecule has 1 amide bonds. The van der Waals surface area contributed by atoms with E-state index < -0.39 is 0 Å². The lowest BCUT2D eigenvalue weighted by atomic mass is 9.92. The first-order valence-corrected chi connectivity index (χ1v) is 9.91. The number of nitrogens with one attached hydrogen (secondary N) is 1.